The molecule has 5 heteroatoms. The lowest BCUT2D eigenvalue weighted by atomic mass is 9.96. The van der Waals surface area contributed by atoms with Crippen molar-refractivity contribution in [1.82, 2.24) is 9.55 Å². The fraction of sp³-hybridized carbons (Fsp3) is 0.400. The number of halogens is 2. The maximum Gasteiger partial charge on any atom is 0.207 e. The zero-order valence-electron chi connectivity index (χ0n) is 11.1. The molecule has 0 aliphatic heterocycles. The summed E-state index contributed by atoms with van der Waals surface area (Å²) in [5, 5.41) is 3.59. The first-order chi connectivity index (χ1) is 9.74. The van der Waals surface area contributed by atoms with Crippen LogP contribution < -0.4 is 5.32 Å². The highest BCUT2D eigenvalue weighted by atomic mass is 79.9. The van der Waals surface area contributed by atoms with E-state index in [-0.39, 0.29) is 0 Å². The van der Waals surface area contributed by atoms with Crippen molar-refractivity contribution >= 4 is 37.8 Å². The van der Waals surface area contributed by atoms with Gasteiger partial charge in [0.05, 0.1) is 5.69 Å². The number of anilines is 1. The van der Waals surface area contributed by atoms with Crippen LogP contribution in [0, 0.1) is 0 Å². The minimum Gasteiger partial charge on any atom is -0.353 e. The molecule has 1 N–H and O–H groups in total. The lowest BCUT2D eigenvalue weighted by Crippen LogP contribution is -2.24. The SMILES string of the molecule is Brc1ccc(Br)c(-n2ccnc2NC2CCCCC2)c1. The van der Waals surface area contributed by atoms with Crippen molar-refractivity contribution < 1.29 is 0 Å². The van der Waals surface area contributed by atoms with Crippen molar-refractivity contribution in [3.63, 3.8) is 0 Å². The van der Waals surface area contributed by atoms with Gasteiger partial charge in [-0.25, -0.2) is 4.98 Å². The second kappa shape index (κ2) is 6.31. The molecule has 2 aromatic rings. The number of hydrogen-bond donors (Lipinski definition) is 1. The third kappa shape index (κ3) is 3.09. The molecule has 1 aromatic heterocycles. The molecule has 0 amide bonds. The standard InChI is InChI=1S/C15H17Br2N3/c16-11-6-7-13(17)14(10-11)20-9-8-18-15(20)19-12-4-2-1-3-5-12/h6-10,12H,1-5H2,(H,18,19). The molecule has 0 bridgehead atoms. The van der Waals surface area contributed by atoms with Gasteiger partial charge in [0.2, 0.25) is 5.95 Å². The normalized spacial score (nSPS) is 16.3. The van der Waals surface area contributed by atoms with E-state index >= 15 is 0 Å². The molecular formula is C15H17Br2N3. The predicted molar refractivity (Wildman–Crippen MR) is 89.5 cm³/mol. The van der Waals surface area contributed by atoms with E-state index in [1.807, 2.05) is 24.5 Å². The monoisotopic (exact) mass is 397 g/mol. The summed E-state index contributed by atoms with van der Waals surface area (Å²) in [4.78, 5) is 4.47. The van der Waals surface area contributed by atoms with Crippen LogP contribution in [0.4, 0.5) is 5.95 Å². The van der Waals surface area contributed by atoms with E-state index in [0.29, 0.717) is 6.04 Å². The average Bonchev–Trinajstić information content (AvgIpc) is 2.91. The van der Waals surface area contributed by atoms with Crippen LogP contribution in [0.5, 0.6) is 0 Å². The Bertz CT molecular complexity index is 589. The predicted octanol–water partition coefficient (Wildman–Crippen LogP) is 5.14. The van der Waals surface area contributed by atoms with Gasteiger partial charge in [0.1, 0.15) is 0 Å². The Morgan fingerprint density at radius 1 is 1.15 bits per heavy atom. The van der Waals surface area contributed by atoms with Crippen molar-refractivity contribution in [2.24, 2.45) is 0 Å². The fourth-order valence-corrected chi connectivity index (χ4v) is 3.49. The first-order valence-electron chi connectivity index (χ1n) is 6.99. The highest BCUT2D eigenvalue weighted by molar-refractivity contribution is 9.11. The second-order valence-corrected chi connectivity index (χ2v) is 6.97. The summed E-state index contributed by atoms with van der Waals surface area (Å²) in [5.74, 6) is 0.927. The van der Waals surface area contributed by atoms with Gasteiger partial charge in [0.15, 0.2) is 0 Å². The summed E-state index contributed by atoms with van der Waals surface area (Å²) < 4.78 is 4.22. The molecule has 1 aromatic carbocycles. The number of nitrogens with one attached hydrogen (secondary N) is 1. The molecule has 106 valence electrons. The second-order valence-electron chi connectivity index (χ2n) is 5.20. The number of nitrogens with zero attached hydrogens (tertiary/aromatic N) is 2. The number of benzene rings is 1. The minimum atomic E-state index is 0.552. The quantitative estimate of drug-likeness (QED) is 0.775. The van der Waals surface area contributed by atoms with E-state index in [0.717, 1.165) is 20.6 Å². The Balaban J connectivity index is 1.87. The van der Waals surface area contributed by atoms with E-state index in [1.54, 1.807) is 0 Å². The number of aromatic nitrogens is 2. The lowest BCUT2D eigenvalue weighted by Gasteiger charge is -2.23. The van der Waals surface area contributed by atoms with Gasteiger partial charge in [-0.3, -0.25) is 4.57 Å². The molecule has 0 radical (unpaired) electrons. The van der Waals surface area contributed by atoms with Crippen molar-refractivity contribution in [3.8, 4) is 5.69 Å². The summed E-state index contributed by atoms with van der Waals surface area (Å²) >= 11 is 7.14. The summed E-state index contributed by atoms with van der Waals surface area (Å²) in [7, 11) is 0. The fourth-order valence-electron chi connectivity index (χ4n) is 2.70. The third-order valence-corrected chi connectivity index (χ3v) is 4.91. The van der Waals surface area contributed by atoms with Crippen LogP contribution in [0.3, 0.4) is 0 Å². The highest BCUT2D eigenvalue weighted by Crippen LogP contribution is 2.28. The summed E-state index contributed by atoms with van der Waals surface area (Å²) in [6.45, 7) is 0. The number of hydrogen-bond acceptors (Lipinski definition) is 2. The summed E-state index contributed by atoms with van der Waals surface area (Å²) in [6, 6.07) is 6.72. The Kier molecular flexibility index (Phi) is 4.46. The Morgan fingerprint density at radius 3 is 2.75 bits per heavy atom. The van der Waals surface area contributed by atoms with Crippen LogP contribution in [-0.4, -0.2) is 15.6 Å². The maximum absolute atomic E-state index is 4.47. The molecule has 3 rings (SSSR count). The van der Waals surface area contributed by atoms with Gasteiger partial charge in [-0.2, -0.15) is 0 Å². The van der Waals surface area contributed by atoms with Gasteiger partial charge >= 0.3 is 0 Å². The van der Waals surface area contributed by atoms with Gasteiger partial charge in [-0.1, -0.05) is 35.2 Å². The van der Waals surface area contributed by atoms with Gasteiger partial charge in [-0.15, -0.1) is 0 Å². The maximum atomic E-state index is 4.47. The minimum absolute atomic E-state index is 0.552. The van der Waals surface area contributed by atoms with Crippen LogP contribution in [0.25, 0.3) is 5.69 Å². The van der Waals surface area contributed by atoms with Crippen LogP contribution in [0.15, 0.2) is 39.5 Å². The molecular weight excluding hydrogens is 382 g/mol. The van der Waals surface area contributed by atoms with Crippen LogP contribution in [0.2, 0.25) is 0 Å². The topological polar surface area (TPSA) is 29.9 Å². The average molecular weight is 399 g/mol. The Morgan fingerprint density at radius 2 is 1.95 bits per heavy atom. The molecule has 1 fully saturated rings. The molecule has 1 heterocycles. The summed E-state index contributed by atoms with van der Waals surface area (Å²) in [6.07, 6.45) is 10.3. The smallest absolute Gasteiger partial charge is 0.207 e. The van der Waals surface area contributed by atoms with Gasteiger partial charge in [-0.05, 0) is 47.0 Å². The van der Waals surface area contributed by atoms with E-state index in [1.165, 1.54) is 32.1 Å². The first kappa shape index (κ1) is 14.1. The molecule has 1 saturated carbocycles. The molecule has 0 spiro atoms. The van der Waals surface area contributed by atoms with Crippen LogP contribution in [0.1, 0.15) is 32.1 Å². The summed E-state index contributed by atoms with van der Waals surface area (Å²) in [5.41, 5.74) is 1.09. The molecule has 1 aliphatic carbocycles. The third-order valence-electron chi connectivity index (χ3n) is 3.75. The van der Waals surface area contributed by atoms with E-state index < -0.39 is 0 Å². The Labute approximate surface area is 136 Å². The van der Waals surface area contributed by atoms with Crippen molar-refractivity contribution in [2.75, 3.05) is 5.32 Å². The largest absolute Gasteiger partial charge is 0.353 e. The molecule has 3 nitrogen and oxygen atoms in total. The van der Waals surface area contributed by atoms with Crippen molar-refractivity contribution in [1.29, 1.82) is 0 Å². The van der Waals surface area contributed by atoms with E-state index in [9.17, 15) is 0 Å². The van der Waals surface area contributed by atoms with Gasteiger partial charge in [0.25, 0.3) is 0 Å². The first-order valence-corrected chi connectivity index (χ1v) is 8.58. The lowest BCUT2D eigenvalue weighted by molar-refractivity contribution is 0.460. The van der Waals surface area contributed by atoms with Crippen LogP contribution >= 0.6 is 31.9 Å². The molecule has 20 heavy (non-hydrogen) atoms. The zero-order chi connectivity index (χ0) is 13.9. The van der Waals surface area contributed by atoms with Crippen molar-refractivity contribution in [3.05, 3.63) is 39.5 Å². The van der Waals surface area contributed by atoms with Crippen LogP contribution in [-0.2, 0) is 0 Å². The zero-order valence-corrected chi connectivity index (χ0v) is 14.3. The molecule has 0 unspecified atom stereocenters. The number of rotatable bonds is 3. The van der Waals surface area contributed by atoms with E-state index in [4.69, 9.17) is 0 Å². The Hall–Kier alpha value is -0.810. The molecule has 0 atom stereocenters. The van der Waals surface area contributed by atoms with Gasteiger partial charge in [0, 0.05) is 27.4 Å². The molecule has 0 saturated heterocycles. The number of imidazole rings is 1. The molecule has 1 aliphatic rings. The van der Waals surface area contributed by atoms with Crippen molar-refractivity contribution in [2.45, 2.75) is 38.1 Å². The highest BCUT2D eigenvalue weighted by Gasteiger charge is 2.16. The van der Waals surface area contributed by atoms with Gasteiger partial charge < -0.3 is 5.32 Å². The van der Waals surface area contributed by atoms with E-state index in [2.05, 4.69) is 52.8 Å².